The van der Waals surface area contributed by atoms with Crippen LogP contribution in [0.5, 0.6) is 0 Å². The molecule has 0 aliphatic heterocycles. The van der Waals surface area contributed by atoms with Crippen LogP contribution in [0.15, 0.2) is 0 Å². The Hall–Kier alpha value is -0.770. The van der Waals surface area contributed by atoms with Gasteiger partial charge in [-0.05, 0) is 69.6 Å². The third-order valence-electron chi connectivity index (χ3n) is 5.68. The van der Waals surface area contributed by atoms with Gasteiger partial charge in [0.25, 0.3) is 0 Å². The van der Waals surface area contributed by atoms with Crippen LogP contribution < -0.4 is 11.1 Å². The van der Waals surface area contributed by atoms with E-state index in [1.165, 1.54) is 38.5 Å². The van der Waals surface area contributed by atoms with Crippen LogP contribution in [-0.2, 0) is 0 Å². The fourth-order valence-electron chi connectivity index (χ4n) is 5.08. The van der Waals surface area contributed by atoms with Gasteiger partial charge in [0.2, 0.25) is 0 Å². The predicted molar refractivity (Wildman–Crippen MR) is 80.3 cm³/mol. The van der Waals surface area contributed by atoms with Crippen molar-refractivity contribution >= 4 is 6.03 Å². The molecule has 4 heteroatoms. The third-order valence-corrected chi connectivity index (χ3v) is 5.68. The maximum atomic E-state index is 12.4. The highest BCUT2D eigenvalue weighted by atomic mass is 16.2. The highest BCUT2D eigenvalue weighted by Crippen LogP contribution is 2.55. The molecular weight excluding hydrogens is 250 g/mol. The molecule has 3 N–H and O–H groups in total. The van der Waals surface area contributed by atoms with Crippen LogP contribution in [-0.4, -0.2) is 36.1 Å². The number of hydrogen-bond acceptors (Lipinski definition) is 2. The average Bonchev–Trinajstić information content (AvgIpc) is 2.33. The molecule has 0 aromatic heterocycles. The van der Waals surface area contributed by atoms with Gasteiger partial charge in [-0.2, -0.15) is 0 Å². The van der Waals surface area contributed by atoms with Crippen LogP contribution >= 0.6 is 0 Å². The molecule has 4 bridgehead atoms. The van der Waals surface area contributed by atoms with Crippen molar-refractivity contribution in [1.82, 2.24) is 10.2 Å². The van der Waals surface area contributed by atoms with Crippen LogP contribution in [0.25, 0.3) is 0 Å². The van der Waals surface area contributed by atoms with Crippen LogP contribution in [0.1, 0.15) is 51.9 Å². The summed E-state index contributed by atoms with van der Waals surface area (Å²) >= 11 is 0. The molecular formula is C16H29N3O. The fraction of sp³-hybridized carbons (Fsp3) is 0.938. The summed E-state index contributed by atoms with van der Waals surface area (Å²) in [5, 5.41) is 3.39. The Kier molecular flexibility index (Phi) is 3.69. The summed E-state index contributed by atoms with van der Waals surface area (Å²) in [6, 6.07) is 0.261. The summed E-state index contributed by atoms with van der Waals surface area (Å²) in [6.45, 7) is 2.74. The zero-order valence-electron chi connectivity index (χ0n) is 12.9. The molecule has 4 aliphatic carbocycles. The second kappa shape index (κ2) is 5.21. The minimum Gasteiger partial charge on any atom is -0.333 e. The van der Waals surface area contributed by atoms with E-state index in [1.54, 1.807) is 0 Å². The average molecular weight is 279 g/mol. The Labute approximate surface area is 122 Å². The van der Waals surface area contributed by atoms with Gasteiger partial charge >= 0.3 is 6.03 Å². The van der Waals surface area contributed by atoms with Crippen LogP contribution in [0, 0.1) is 17.8 Å². The van der Waals surface area contributed by atoms with Crippen molar-refractivity contribution in [1.29, 1.82) is 0 Å². The molecule has 4 saturated carbocycles. The summed E-state index contributed by atoms with van der Waals surface area (Å²) in [5.41, 5.74) is 5.89. The topological polar surface area (TPSA) is 58.4 Å². The Balaban J connectivity index is 1.58. The molecule has 2 amide bonds. The minimum atomic E-state index is 0.104. The van der Waals surface area contributed by atoms with Crippen molar-refractivity contribution in [3.8, 4) is 0 Å². The predicted octanol–water partition coefficient (Wildman–Crippen LogP) is 2.33. The molecule has 0 spiro atoms. The van der Waals surface area contributed by atoms with E-state index in [4.69, 9.17) is 5.73 Å². The number of amides is 2. The van der Waals surface area contributed by atoms with Gasteiger partial charge in [0.15, 0.2) is 0 Å². The largest absolute Gasteiger partial charge is 0.333 e. The molecule has 0 aromatic rings. The monoisotopic (exact) mass is 279 g/mol. The highest BCUT2D eigenvalue weighted by molar-refractivity contribution is 5.74. The van der Waals surface area contributed by atoms with Gasteiger partial charge < -0.3 is 16.0 Å². The summed E-state index contributed by atoms with van der Waals surface area (Å²) in [4.78, 5) is 14.2. The number of hydrogen-bond donors (Lipinski definition) is 2. The van der Waals surface area contributed by atoms with Gasteiger partial charge in [0.05, 0.1) is 0 Å². The first-order chi connectivity index (χ1) is 9.46. The number of nitrogens with zero attached hydrogens (tertiary/aromatic N) is 1. The second-order valence-electron chi connectivity index (χ2n) is 7.82. The van der Waals surface area contributed by atoms with E-state index in [2.05, 4.69) is 5.32 Å². The number of nitrogens with one attached hydrogen (secondary N) is 1. The molecule has 0 saturated heterocycles. The summed E-state index contributed by atoms with van der Waals surface area (Å²) in [6.07, 6.45) is 8.75. The van der Waals surface area contributed by atoms with Crippen LogP contribution in [0.2, 0.25) is 0 Å². The lowest BCUT2D eigenvalue weighted by Gasteiger charge is -2.57. The van der Waals surface area contributed by atoms with Gasteiger partial charge in [0.1, 0.15) is 0 Å². The third kappa shape index (κ3) is 2.80. The summed E-state index contributed by atoms with van der Waals surface area (Å²) < 4.78 is 0. The van der Waals surface area contributed by atoms with E-state index in [0.717, 1.165) is 30.7 Å². The molecule has 1 atom stereocenters. The summed E-state index contributed by atoms with van der Waals surface area (Å²) in [7, 11) is 1.89. The summed E-state index contributed by atoms with van der Waals surface area (Å²) in [5.74, 6) is 2.61. The molecule has 4 rings (SSSR count). The van der Waals surface area contributed by atoms with Gasteiger partial charge in [-0.15, -0.1) is 0 Å². The maximum Gasteiger partial charge on any atom is 0.317 e. The first-order valence-corrected chi connectivity index (χ1v) is 8.24. The van der Waals surface area contributed by atoms with E-state index in [1.807, 2.05) is 18.9 Å². The molecule has 0 aromatic carbocycles. The molecule has 4 aliphatic rings. The van der Waals surface area contributed by atoms with Crippen molar-refractivity contribution < 1.29 is 4.79 Å². The number of rotatable bonds is 4. The van der Waals surface area contributed by atoms with Crippen LogP contribution in [0.4, 0.5) is 4.79 Å². The molecule has 4 nitrogen and oxygen atoms in total. The molecule has 0 radical (unpaired) electrons. The number of urea groups is 1. The van der Waals surface area contributed by atoms with E-state index >= 15 is 0 Å². The zero-order chi connectivity index (χ0) is 14.3. The van der Waals surface area contributed by atoms with Crippen molar-refractivity contribution in [2.75, 3.05) is 13.6 Å². The van der Waals surface area contributed by atoms with Crippen molar-refractivity contribution in [2.24, 2.45) is 23.5 Å². The normalized spacial score (nSPS) is 39.6. The van der Waals surface area contributed by atoms with Crippen molar-refractivity contribution in [3.05, 3.63) is 0 Å². The van der Waals surface area contributed by atoms with Crippen molar-refractivity contribution in [2.45, 2.75) is 63.5 Å². The Morgan fingerprint density at radius 2 is 1.75 bits per heavy atom. The van der Waals surface area contributed by atoms with E-state index in [-0.39, 0.29) is 17.6 Å². The quantitative estimate of drug-likeness (QED) is 0.830. The first-order valence-electron chi connectivity index (χ1n) is 8.24. The lowest BCUT2D eigenvalue weighted by molar-refractivity contribution is -0.0153. The lowest BCUT2D eigenvalue weighted by Crippen LogP contribution is -2.61. The highest BCUT2D eigenvalue weighted by Gasteiger charge is 2.51. The van der Waals surface area contributed by atoms with E-state index in [0.29, 0.717) is 0 Å². The van der Waals surface area contributed by atoms with Crippen molar-refractivity contribution in [3.63, 3.8) is 0 Å². The van der Waals surface area contributed by atoms with Gasteiger partial charge in [-0.3, -0.25) is 0 Å². The number of carbonyl (C=O) groups is 1. The molecule has 20 heavy (non-hydrogen) atoms. The van der Waals surface area contributed by atoms with E-state index < -0.39 is 0 Å². The zero-order valence-corrected chi connectivity index (χ0v) is 12.9. The molecule has 114 valence electrons. The van der Waals surface area contributed by atoms with Gasteiger partial charge in [0, 0.05) is 25.2 Å². The molecule has 4 fully saturated rings. The minimum absolute atomic E-state index is 0.104. The second-order valence-corrected chi connectivity index (χ2v) is 7.82. The fourth-order valence-corrected chi connectivity index (χ4v) is 5.08. The Bertz CT molecular complexity index is 345. The SMILES string of the molecule is CC(N)CCN(C)C(=O)NC12CC3CC(CC(C3)C1)C2. The molecule has 1 unspecified atom stereocenters. The Morgan fingerprint density at radius 3 is 2.20 bits per heavy atom. The maximum absolute atomic E-state index is 12.4. The number of nitrogens with two attached hydrogens (primary N) is 1. The lowest BCUT2D eigenvalue weighted by atomic mass is 9.53. The smallest absolute Gasteiger partial charge is 0.317 e. The standard InChI is InChI=1S/C16H29N3O/c1-11(17)3-4-19(2)15(20)18-16-8-12-5-13(9-16)7-14(6-12)10-16/h11-14H,3-10,17H2,1-2H3,(H,18,20). The molecule has 0 heterocycles. The van der Waals surface area contributed by atoms with Gasteiger partial charge in [-0.25, -0.2) is 4.79 Å². The van der Waals surface area contributed by atoms with Crippen LogP contribution in [0.3, 0.4) is 0 Å². The van der Waals surface area contributed by atoms with Gasteiger partial charge in [-0.1, -0.05) is 0 Å². The Morgan fingerprint density at radius 1 is 1.25 bits per heavy atom. The number of carbonyl (C=O) groups excluding carboxylic acids is 1. The van der Waals surface area contributed by atoms with E-state index in [9.17, 15) is 4.79 Å². The first kappa shape index (κ1) is 14.2.